The molecule has 0 fully saturated rings. The number of hydrogen-bond acceptors (Lipinski definition) is 3. The first-order chi connectivity index (χ1) is 7.94. The van der Waals surface area contributed by atoms with Crippen LogP contribution in [0.1, 0.15) is 43.3 Å². The summed E-state index contributed by atoms with van der Waals surface area (Å²) in [4.78, 5) is 12.4. The number of thiocarbonyl (C=S) groups is 1. The van der Waals surface area contributed by atoms with E-state index in [2.05, 4.69) is 5.32 Å². The molecular formula is C12H18N2O2S. The fraction of sp³-hybridized carbons (Fsp3) is 0.500. The van der Waals surface area contributed by atoms with Gasteiger partial charge in [0.25, 0.3) is 5.91 Å². The zero-order valence-electron chi connectivity index (χ0n) is 10.4. The molecule has 0 aliphatic carbocycles. The van der Waals surface area contributed by atoms with Gasteiger partial charge in [-0.2, -0.15) is 0 Å². The second kappa shape index (κ2) is 5.31. The molecule has 5 heteroatoms. The summed E-state index contributed by atoms with van der Waals surface area (Å²) in [6.45, 7) is 5.68. The average Bonchev–Trinajstić information content (AvgIpc) is 2.76. The third-order valence-corrected chi connectivity index (χ3v) is 3.40. The molecule has 1 heterocycles. The number of nitrogens with one attached hydrogen (secondary N) is 1. The van der Waals surface area contributed by atoms with Crippen LogP contribution < -0.4 is 11.1 Å². The third kappa shape index (κ3) is 2.85. The van der Waals surface area contributed by atoms with E-state index < -0.39 is 5.54 Å². The number of furan rings is 1. The van der Waals surface area contributed by atoms with E-state index in [4.69, 9.17) is 22.4 Å². The van der Waals surface area contributed by atoms with Crippen molar-refractivity contribution in [2.45, 2.75) is 39.2 Å². The minimum absolute atomic E-state index is 0.201. The second-order valence-electron chi connectivity index (χ2n) is 4.12. The number of amides is 1. The Morgan fingerprint density at radius 2 is 2.24 bits per heavy atom. The van der Waals surface area contributed by atoms with Crippen molar-refractivity contribution in [1.29, 1.82) is 0 Å². The fourth-order valence-corrected chi connectivity index (χ4v) is 1.65. The standard InChI is InChI=1S/C12H18N2O2S/c1-4-9-8(6-7-16-9)10(15)14-12(3,5-2)11(13)17/h6-7H,4-5H2,1-3H3,(H2,13,17)(H,14,15). The van der Waals surface area contributed by atoms with Gasteiger partial charge >= 0.3 is 0 Å². The Morgan fingerprint density at radius 1 is 1.59 bits per heavy atom. The molecule has 1 aromatic heterocycles. The van der Waals surface area contributed by atoms with Gasteiger partial charge in [-0.25, -0.2) is 0 Å². The lowest BCUT2D eigenvalue weighted by Gasteiger charge is -2.28. The van der Waals surface area contributed by atoms with Crippen molar-refractivity contribution in [2.75, 3.05) is 0 Å². The topological polar surface area (TPSA) is 68.3 Å². The van der Waals surface area contributed by atoms with E-state index in [0.29, 0.717) is 24.2 Å². The van der Waals surface area contributed by atoms with E-state index in [-0.39, 0.29) is 10.9 Å². The van der Waals surface area contributed by atoms with Crippen molar-refractivity contribution in [3.63, 3.8) is 0 Å². The monoisotopic (exact) mass is 254 g/mol. The molecule has 1 rings (SSSR count). The summed E-state index contributed by atoms with van der Waals surface area (Å²) in [5.41, 5.74) is 5.53. The minimum Gasteiger partial charge on any atom is -0.469 e. The van der Waals surface area contributed by atoms with Gasteiger partial charge in [0, 0.05) is 6.42 Å². The second-order valence-corrected chi connectivity index (χ2v) is 4.55. The molecule has 17 heavy (non-hydrogen) atoms. The normalized spacial score (nSPS) is 14.1. The molecule has 1 aromatic rings. The number of aryl methyl sites for hydroxylation is 1. The first-order valence-corrected chi connectivity index (χ1v) is 6.04. The Bertz CT molecular complexity index is 428. The molecule has 0 bridgehead atoms. The number of rotatable bonds is 5. The molecule has 1 unspecified atom stereocenters. The first kappa shape index (κ1) is 13.7. The van der Waals surface area contributed by atoms with Crippen molar-refractivity contribution in [1.82, 2.24) is 5.32 Å². The van der Waals surface area contributed by atoms with Crippen LogP contribution in [0.3, 0.4) is 0 Å². The van der Waals surface area contributed by atoms with Gasteiger partial charge in [0.05, 0.1) is 22.4 Å². The quantitative estimate of drug-likeness (QED) is 0.789. The zero-order chi connectivity index (χ0) is 13.1. The molecule has 0 saturated heterocycles. The third-order valence-electron chi connectivity index (χ3n) is 2.95. The van der Waals surface area contributed by atoms with Gasteiger partial charge in [-0.1, -0.05) is 26.1 Å². The molecule has 3 N–H and O–H groups in total. The van der Waals surface area contributed by atoms with E-state index in [1.807, 2.05) is 20.8 Å². The Kier molecular flexibility index (Phi) is 4.28. The zero-order valence-corrected chi connectivity index (χ0v) is 11.2. The maximum Gasteiger partial charge on any atom is 0.255 e. The highest BCUT2D eigenvalue weighted by molar-refractivity contribution is 7.80. The Hall–Kier alpha value is -1.36. The van der Waals surface area contributed by atoms with E-state index >= 15 is 0 Å². The van der Waals surface area contributed by atoms with Gasteiger partial charge in [0.1, 0.15) is 5.76 Å². The predicted molar refractivity (Wildman–Crippen MR) is 71.0 cm³/mol. The van der Waals surface area contributed by atoms with Crippen molar-refractivity contribution in [3.05, 3.63) is 23.7 Å². The Morgan fingerprint density at radius 3 is 2.71 bits per heavy atom. The van der Waals surface area contributed by atoms with Crippen LogP contribution in [0, 0.1) is 0 Å². The molecule has 0 aromatic carbocycles. The van der Waals surface area contributed by atoms with Crippen LogP contribution >= 0.6 is 12.2 Å². The summed E-state index contributed by atoms with van der Waals surface area (Å²) in [6, 6.07) is 1.66. The molecule has 0 aliphatic heterocycles. The van der Waals surface area contributed by atoms with E-state index in [1.165, 1.54) is 6.26 Å². The SMILES string of the molecule is CCc1occc1C(=O)NC(C)(CC)C(N)=S. The lowest BCUT2D eigenvalue weighted by Crippen LogP contribution is -2.54. The number of carbonyl (C=O) groups excluding carboxylic acids is 1. The highest BCUT2D eigenvalue weighted by atomic mass is 32.1. The molecule has 1 atom stereocenters. The summed E-state index contributed by atoms with van der Waals surface area (Å²) in [6.07, 6.45) is 2.83. The first-order valence-electron chi connectivity index (χ1n) is 5.63. The van der Waals surface area contributed by atoms with Crippen LogP contribution in [0.2, 0.25) is 0 Å². The fourth-order valence-electron chi connectivity index (χ4n) is 1.46. The molecule has 0 saturated carbocycles. The number of nitrogens with two attached hydrogens (primary N) is 1. The Balaban J connectivity index is 2.89. The van der Waals surface area contributed by atoms with Gasteiger partial charge in [0.2, 0.25) is 0 Å². The lowest BCUT2D eigenvalue weighted by atomic mass is 9.98. The van der Waals surface area contributed by atoms with Gasteiger partial charge in [-0.3, -0.25) is 4.79 Å². The van der Waals surface area contributed by atoms with Crippen molar-refractivity contribution in [3.8, 4) is 0 Å². The highest BCUT2D eigenvalue weighted by Gasteiger charge is 2.29. The van der Waals surface area contributed by atoms with Crippen LogP contribution in [-0.4, -0.2) is 16.4 Å². The molecule has 0 aliphatic rings. The summed E-state index contributed by atoms with van der Waals surface area (Å²) in [5, 5.41) is 2.85. The van der Waals surface area contributed by atoms with Gasteiger partial charge in [0.15, 0.2) is 0 Å². The summed E-state index contributed by atoms with van der Waals surface area (Å²) >= 11 is 4.98. The van der Waals surface area contributed by atoms with E-state index in [9.17, 15) is 4.79 Å². The van der Waals surface area contributed by atoms with Crippen LogP contribution in [0.25, 0.3) is 0 Å². The van der Waals surface area contributed by atoms with E-state index in [1.54, 1.807) is 6.07 Å². The number of carbonyl (C=O) groups is 1. The molecule has 1 amide bonds. The van der Waals surface area contributed by atoms with Crippen LogP contribution in [0.4, 0.5) is 0 Å². The van der Waals surface area contributed by atoms with Crippen molar-refractivity contribution < 1.29 is 9.21 Å². The Labute approximate surface area is 107 Å². The molecule has 4 nitrogen and oxygen atoms in total. The van der Waals surface area contributed by atoms with Gasteiger partial charge in [-0.15, -0.1) is 0 Å². The number of hydrogen-bond donors (Lipinski definition) is 2. The smallest absolute Gasteiger partial charge is 0.255 e. The summed E-state index contributed by atoms with van der Waals surface area (Å²) in [7, 11) is 0. The van der Waals surface area contributed by atoms with Gasteiger partial charge < -0.3 is 15.5 Å². The largest absolute Gasteiger partial charge is 0.469 e. The van der Waals surface area contributed by atoms with Gasteiger partial charge in [-0.05, 0) is 19.4 Å². The maximum absolute atomic E-state index is 12.1. The molecule has 0 spiro atoms. The van der Waals surface area contributed by atoms with Crippen LogP contribution in [-0.2, 0) is 6.42 Å². The lowest BCUT2D eigenvalue weighted by molar-refractivity contribution is 0.0924. The minimum atomic E-state index is -0.658. The van der Waals surface area contributed by atoms with Crippen molar-refractivity contribution >= 4 is 23.1 Å². The van der Waals surface area contributed by atoms with E-state index in [0.717, 1.165) is 0 Å². The summed E-state index contributed by atoms with van der Waals surface area (Å²) < 4.78 is 5.22. The van der Waals surface area contributed by atoms with Crippen LogP contribution in [0.15, 0.2) is 16.7 Å². The highest BCUT2D eigenvalue weighted by Crippen LogP contribution is 2.15. The molecular weight excluding hydrogens is 236 g/mol. The maximum atomic E-state index is 12.1. The molecule has 94 valence electrons. The summed E-state index contributed by atoms with van der Waals surface area (Å²) in [5.74, 6) is 0.469. The molecule has 0 radical (unpaired) electrons. The van der Waals surface area contributed by atoms with Crippen molar-refractivity contribution in [2.24, 2.45) is 5.73 Å². The average molecular weight is 254 g/mol. The predicted octanol–water partition coefficient (Wildman–Crippen LogP) is 2.03. The van der Waals surface area contributed by atoms with Crippen LogP contribution in [0.5, 0.6) is 0 Å².